The van der Waals surface area contributed by atoms with Crippen LogP contribution in [0.1, 0.15) is 24.2 Å². The number of hydrogen-bond acceptors (Lipinski definition) is 3. The van der Waals surface area contributed by atoms with Crippen LogP contribution >= 0.6 is 0 Å². The maximum Gasteiger partial charge on any atom is 0.328 e. The third kappa shape index (κ3) is 3.55. The molecule has 0 aliphatic carbocycles. The average Bonchev–Trinajstić information content (AvgIpc) is 2.29. The Morgan fingerprint density at radius 1 is 1.41 bits per heavy atom. The predicted octanol–water partition coefficient (Wildman–Crippen LogP) is 1.51. The third-order valence-corrected chi connectivity index (χ3v) is 2.11. The van der Waals surface area contributed by atoms with E-state index in [0.717, 1.165) is 0 Å². The summed E-state index contributed by atoms with van der Waals surface area (Å²) in [6.07, 6.45) is 0. The molecule has 4 nitrogen and oxygen atoms in total. The van der Waals surface area contributed by atoms with E-state index in [0.29, 0.717) is 0 Å². The van der Waals surface area contributed by atoms with E-state index < -0.39 is 23.7 Å². The van der Waals surface area contributed by atoms with Gasteiger partial charge >= 0.3 is 5.97 Å². The maximum atomic E-state index is 13.3. The lowest BCUT2D eigenvalue weighted by Gasteiger charge is -2.12. The van der Waals surface area contributed by atoms with Gasteiger partial charge in [-0.25, -0.2) is 9.18 Å². The van der Waals surface area contributed by atoms with Crippen LogP contribution in [0.2, 0.25) is 0 Å². The van der Waals surface area contributed by atoms with E-state index in [1.165, 1.54) is 25.1 Å². The molecule has 1 aromatic carbocycles. The van der Waals surface area contributed by atoms with Gasteiger partial charge in [-0.15, -0.1) is 0 Å². The summed E-state index contributed by atoms with van der Waals surface area (Å²) in [5.74, 6) is -1.80. The molecule has 92 valence electrons. The van der Waals surface area contributed by atoms with Crippen molar-refractivity contribution in [2.45, 2.75) is 19.9 Å². The lowest BCUT2D eigenvalue weighted by molar-refractivity contribution is -0.144. The molecule has 0 radical (unpaired) electrons. The van der Waals surface area contributed by atoms with Crippen LogP contribution in [-0.4, -0.2) is 24.5 Å². The molecule has 1 unspecified atom stereocenters. The van der Waals surface area contributed by atoms with Crippen molar-refractivity contribution < 1.29 is 18.7 Å². The number of nitrogens with one attached hydrogen (secondary N) is 1. The fraction of sp³-hybridized carbons (Fsp3) is 0.333. The number of amides is 1. The van der Waals surface area contributed by atoms with E-state index >= 15 is 0 Å². The van der Waals surface area contributed by atoms with Crippen molar-refractivity contribution in [2.75, 3.05) is 6.61 Å². The van der Waals surface area contributed by atoms with E-state index in [1.807, 2.05) is 0 Å². The molecule has 1 amide bonds. The molecule has 0 heterocycles. The summed E-state index contributed by atoms with van der Waals surface area (Å²) in [7, 11) is 0. The second-order valence-corrected chi connectivity index (χ2v) is 3.43. The van der Waals surface area contributed by atoms with Crippen molar-refractivity contribution in [3.8, 4) is 0 Å². The Bertz CT molecular complexity index is 420. The second kappa shape index (κ2) is 5.98. The summed E-state index contributed by atoms with van der Waals surface area (Å²) >= 11 is 0. The van der Waals surface area contributed by atoms with E-state index in [9.17, 15) is 14.0 Å². The molecule has 0 spiro atoms. The van der Waals surface area contributed by atoms with Gasteiger partial charge in [0.05, 0.1) is 12.2 Å². The van der Waals surface area contributed by atoms with Gasteiger partial charge in [-0.3, -0.25) is 4.79 Å². The molecular weight excluding hydrogens is 225 g/mol. The van der Waals surface area contributed by atoms with Gasteiger partial charge in [-0.1, -0.05) is 12.1 Å². The van der Waals surface area contributed by atoms with Crippen molar-refractivity contribution in [1.82, 2.24) is 5.32 Å². The highest BCUT2D eigenvalue weighted by molar-refractivity contribution is 5.96. The smallest absolute Gasteiger partial charge is 0.328 e. The summed E-state index contributed by atoms with van der Waals surface area (Å²) in [5.41, 5.74) is -0.0938. The molecule has 0 bridgehead atoms. The van der Waals surface area contributed by atoms with Crippen LogP contribution in [0.4, 0.5) is 4.39 Å². The van der Waals surface area contributed by atoms with E-state index in [-0.39, 0.29) is 12.2 Å². The van der Waals surface area contributed by atoms with Crippen molar-refractivity contribution in [3.05, 3.63) is 35.6 Å². The first kappa shape index (κ1) is 13.2. The molecule has 5 heteroatoms. The first-order valence-electron chi connectivity index (χ1n) is 5.28. The van der Waals surface area contributed by atoms with Crippen LogP contribution < -0.4 is 5.32 Å². The highest BCUT2D eigenvalue weighted by Crippen LogP contribution is 2.06. The number of hydrogen-bond donors (Lipinski definition) is 1. The van der Waals surface area contributed by atoms with Gasteiger partial charge in [0.2, 0.25) is 0 Å². The molecule has 0 saturated heterocycles. The summed E-state index contributed by atoms with van der Waals surface area (Å²) in [5, 5.41) is 2.37. The van der Waals surface area contributed by atoms with Gasteiger partial charge in [0.25, 0.3) is 5.91 Å². The number of esters is 1. The molecule has 0 aliphatic rings. The Morgan fingerprint density at radius 3 is 2.65 bits per heavy atom. The van der Waals surface area contributed by atoms with Crippen LogP contribution in [0.3, 0.4) is 0 Å². The fourth-order valence-corrected chi connectivity index (χ4v) is 1.25. The fourth-order valence-electron chi connectivity index (χ4n) is 1.25. The van der Waals surface area contributed by atoms with Crippen LogP contribution in [0.5, 0.6) is 0 Å². The molecular formula is C12H14FNO3. The van der Waals surface area contributed by atoms with Gasteiger partial charge in [0.15, 0.2) is 0 Å². The number of halogens is 1. The minimum absolute atomic E-state index is 0.0938. The molecule has 1 atom stereocenters. The number of rotatable bonds is 4. The molecule has 0 aliphatic heterocycles. The molecule has 1 aromatic rings. The largest absolute Gasteiger partial charge is 0.464 e. The Labute approximate surface area is 98.8 Å². The first-order chi connectivity index (χ1) is 8.06. The monoisotopic (exact) mass is 239 g/mol. The van der Waals surface area contributed by atoms with Gasteiger partial charge in [0.1, 0.15) is 11.9 Å². The number of ether oxygens (including phenoxy) is 1. The summed E-state index contributed by atoms with van der Waals surface area (Å²) in [6, 6.07) is 4.77. The quantitative estimate of drug-likeness (QED) is 0.810. The Hall–Kier alpha value is -1.91. The Kier molecular flexibility index (Phi) is 4.63. The zero-order chi connectivity index (χ0) is 12.8. The van der Waals surface area contributed by atoms with Crippen LogP contribution in [0, 0.1) is 5.82 Å². The number of carbonyl (C=O) groups excluding carboxylic acids is 2. The minimum atomic E-state index is -0.804. The van der Waals surface area contributed by atoms with Gasteiger partial charge in [-0.2, -0.15) is 0 Å². The maximum absolute atomic E-state index is 13.3. The normalized spacial score (nSPS) is 11.7. The second-order valence-electron chi connectivity index (χ2n) is 3.43. The summed E-state index contributed by atoms with van der Waals surface area (Å²) < 4.78 is 18.0. The zero-order valence-corrected chi connectivity index (χ0v) is 9.70. The standard InChI is InChI=1S/C12H14FNO3/c1-3-17-12(16)8(2)14-11(15)9-6-4-5-7-10(9)13/h4-8H,3H2,1-2H3,(H,14,15). The molecule has 0 aromatic heterocycles. The van der Waals surface area contributed by atoms with Crippen LogP contribution in [-0.2, 0) is 9.53 Å². The van der Waals surface area contributed by atoms with Crippen molar-refractivity contribution >= 4 is 11.9 Å². The summed E-state index contributed by atoms with van der Waals surface area (Å²) in [4.78, 5) is 22.9. The highest BCUT2D eigenvalue weighted by Gasteiger charge is 2.19. The molecule has 0 saturated carbocycles. The van der Waals surface area contributed by atoms with Crippen molar-refractivity contribution in [2.24, 2.45) is 0 Å². The Morgan fingerprint density at radius 2 is 2.06 bits per heavy atom. The van der Waals surface area contributed by atoms with E-state index in [2.05, 4.69) is 5.32 Å². The van der Waals surface area contributed by atoms with Crippen LogP contribution in [0.25, 0.3) is 0 Å². The Balaban J connectivity index is 2.67. The SMILES string of the molecule is CCOC(=O)C(C)NC(=O)c1ccccc1F. The minimum Gasteiger partial charge on any atom is -0.464 e. The average molecular weight is 239 g/mol. The number of benzene rings is 1. The molecule has 1 rings (SSSR count). The topological polar surface area (TPSA) is 55.4 Å². The van der Waals surface area contributed by atoms with Gasteiger partial charge < -0.3 is 10.1 Å². The lowest BCUT2D eigenvalue weighted by Crippen LogP contribution is -2.39. The van der Waals surface area contributed by atoms with Gasteiger partial charge in [0, 0.05) is 0 Å². The predicted molar refractivity (Wildman–Crippen MR) is 60.0 cm³/mol. The zero-order valence-electron chi connectivity index (χ0n) is 9.70. The van der Waals surface area contributed by atoms with Crippen LogP contribution in [0.15, 0.2) is 24.3 Å². The van der Waals surface area contributed by atoms with E-state index in [4.69, 9.17) is 4.74 Å². The molecule has 1 N–H and O–H groups in total. The first-order valence-corrected chi connectivity index (χ1v) is 5.28. The highest BCUT2D eigenvalue weighted by atomic mass is 19.1. The van der Waals surface area contributed by atoms with Crippen molar-refractivity contribution in [1.29, 1.82) is 0 Å². The lowest BCUT2D eigenvalue weighted by atomic mass is 10.2. The molecule has 17 heavy (non-hydrogen) atoms. The van der Waals surface area contributed by atoms with Crippen molar-refractivity contribution in [3.63, 3.8) is 0 Å². The van der Waals surface area contributed by atoms with Gasteiger partial charge in [-0.05, 0) is 26.0 Å². The number of carbonyl (C=O) groups is 2. The molecule has 0 fully saturated rings. The summed E-state index contributed by atoms with van der Waals surface area (Å²) in [6.45, 7) is 3.39. The third-order valence-electron chi connectivity index (χ3n) is 2.11. The van der Waals surface area contributed by atoms with E-state index in [1.54, 1.807) is 13.0 Å².